The smallest absolute Gasteiger partial charge is 0.263 e. The number of pyridine rings is 1. The van der Waals surface area contributed by atoms with Crippen LogP contribution in [0, 0.1) is 6.92 Å². The van der Waals surface area contributed by atoms with Gasteiger partial charge in [0.25, 0.3) is 10.0 Å². The van der Waals surface area contributed by atoms with Gasteiger partial charge in [0.15, 0.2) is 0 Å². The molecule has 1 heterocycles. The molecule has 1 aromatic heterocycles. The van der Waals surface area contributed by atoms with Crippen molar-refractivity contribution < 1.29 is 13.2 Å². The number of anilines is 1. The quantitative estimate of drug-likeness (QED) is 0.871. The molecule has 22 heavy (non-hydrogen) atoms. The van der Waals surface area contributed by atoms with Gasteiger partial charge in [0.05, 0.1) is 16.5 Å². The number of sulfonamides is 1. The minimum absolute atomic E-state index is 0.158. The van der Waals surface area contributed by atoms with Crippen LogP contribution in [0.2, 0.25) is 5.02 Å². The number of benzene rings is 1. The molecule has 7 heteroatoms. The number of aryl methyl sites for hydroxylation is 1. The number of hydrogen-bond acceptors (Lipinski definition) is 4. The third kappa shape index (κ3) is 4.11. The van der Waals surface area contributed by atoms with Crippen LogP contribution in [0.3, 0.4) is 0 Å². The monoisotopic (exact) mass is 340 g/mol. The van der Waals surface area contributed by atoms with Crippen LogP contribution < -0.4 is 9.46 Å². The van der Waals surface area contributed by atoms with E-state index in [9.17, 15) is 8.42 Å². The lowest BCUT2D eigenvalue weighted by atomic mass is 10.2. The molecule has 118 valence electrons. The van der Waals surface area contributed by atoms with Crippen molar-refractivity contribution in [3.63, 3.8) is 0 Å². The van der Waals surface area contributed by atoms with Crippen LogP contribution in [0.4, 0.5) is 5.82 Å². The molecule has 0 aliphatic rings. The van der Waals surface area contributed by atoms with Gasteiger partial charge in [-0.05, 0) is 49.2 Å². The fourth-order valence-corrected chi connectivity index (χ4v) is 3.00. The second kappa shape index (κ2) is 6.98. The van der Waals surface area contributed by atoms with E-state index in [0.717, 1.165) is 12.0 Å². The zero-order valence-electron chi connectivity index (χ0n) is 12.3. The van der Waals surface area contributed by atoms with E-state index in [2.05, 4.69) is 9.71 Å². The Labute approximate surface area is 135 Å². The van der Waals surface area contributed by atoms with E-state index in [0.29, 0.717) is 17.4 Å². The summed E-state index contributed by atoms with van der Waals surface area (Å²) >= 11 is 5.73. The van der Waals surface area contributed by atoms with E-state index in [4.69, 9.17) is 16.3 Å². The molecule has 1 N–H and O–H groups in total. The molecule has 0 aliphatic carbocycles. The summed E-state index contributed by atoms with van der Waals surface area (Å²) in [5.41, 5.74) is 0.764. The Kier molecular flexibility index (Phi) is 5.26. The Morgan fingerprint density at radius 2 is 2.05 bits per heavy atom. The van der Waals surface area contributed by atoms with Crippen molar-refractivity contribution in [2.45, 2.75) is 25.2 Å². The second-order valence-electron chi connectivity index (χ2n) is 4.74. The molecule has 1 aromatic carbocycles. The molecular formula is C15H17ClN2O3S. The van der Waals surface area contributed by atoms with Crippen molar-refractivity contribution in [1.82, 2.24) is 4.98 Å². The van der Waals surface area contributed by atoms with Gasteiger partial charge in [0.1, 0.15) is 11.6 Å². The van der Waals surface area contributed by atoms with Gasteiger partial charge in [-0.3, -0.25) is 4.72 Å². The van der Waals surface area contributed by atoms with E-state index in [1.54, 1.807) is 18.2 Å². The highest BCUT2D eigenvalue weighted by molar-refractivity contribution is 7.92. The van der Waals surface area contributed by atoms with E-state index in [1.807, 2.05) is 13.8 Å². The molecule has 0 radical (unpaired) electrons. The predicted octanol–water partition coefficient (Wildman–Crippen LogP) is 3.63. The van der Waals surface area contributed by atoms with Gasteiger partial charge in [0.2, 0.25) is 0 Å². The largest absolute Gasteiger partial charge is 0.493 e. The van der Waals surface area contributed by atoms with Crippen LogP contribution in [-0.4, -0.2) is 20.0 Å². The third-order valence-electron chi connectivity index (χ3n) is 2.88. The standard InChI is InChI=1S/C15H17ClN2O3S/c1-3-8-21-14-6-5-13(9-11(14)2)22(19,20)18-15-7-4-12(16)10-17-15/h4-7,9-10H,3,8H2,1-2H3,(H,17,18). The molecule has 0 atom stereocenters. The van der Waals surface area contributed by atoms with Gasteiger partial charge in [-0.25, -0.2) is 13.4 Å². The minimum Gasteiger partial charge on any atom is -0.493 e. The van der Waals surface area contributed by atoms with Crippen molar-refractivity contribution in [2.24, 2.45) is 0 Å². The number of aromatic nitrogens is 1. The summed E-state index contributed by atoms with van der Waals surface area (Å²) in [6.07, 6.45) is 2.27. The third-order valence-corrected chi connectivity index (χ3v) is 4.46. The Bertz CT molecular complexity index is 746. The van der Waals surface area contributed by atoms with Crippen molar-refractivity contribution in [3.8, 4) is 5.75 Å². The molecule has 0 unspecified atom stereocenters. The molecule has 0 spiro atoms. The fourth-order valence-electron chi connectivity index (χ4n) is 1.80. The average molecular weight is 341 g/mol. The minimum atomic E-state index is -3.70. The summed E-state index contributed by atoms with van der Waals surface area (Å²) in [4.78, 5) is 4.08. The SMILES string of the molecule is CCCOc1ccc(S(=O)(=O)Nc2ccc(Cl)cn2)cc1C. The number of hydrogen-bond donors (Lipinski definition) is 1. The first-order valence-electron chi connectivity index (χ1n) is 6.80. The van der Waals surface area contributed by atoms with E-state index in [-0.39, 0.29) is 10.7 Å². The highest BCUT2D eigenvalue weighted by atomic mass is 35.5. The van der Waals surface area contributed by atoms with Crippen LogP contribution in [0.1, 0.15) is 18.9 Å². The maximum Gasteiger partial charge on any atom is 0.263 e. The Balaban J connectivity index is 2.22. The zero-order chi connectivity index (χ0) is 16.2. The van der Waals surface area contributed by atoms with Gasteiger partial charge in [-0.1, -0.05) is 18.5 Å². The highest BCUT2D eigenvalue weighted by Crippen LogP contribution is 2.23. The maximum atomic E-state index is 12.3. The van der Waals surface area contributed by atoms with Crippen molar-refractivity contribution in [3.05, 3.63) is 47.1 Å². The van der Waals surface area contributed by atoms with Crippen LogP contribution >= 0.6 is 11.6 Å². The molecule has 0 aliphatic heterocycles. The first kappa shape index (κ1) is 16.6. The van der Waals surface area contributed by atoms with Crippen LogP contribution in [0.15, 0.2) is 41.4 Å². The summed E-state index contributed by atoms with van der Waals surface area (Å²) in [5, 5.41) is 0.441. The molecule has 2 rings (SSSR count). The number of ether oxygens (including phenoxy) is 1. The molecular weight excluding hydrogens is 324 g/mol. The normalized spacial score (nSPS) is 11.2. The van der Waals surface area contributed by atoms with Crippen molar-refractivity contribution in [1.29, 1.82) is 0 Å². The van der Waals surface area contributed by atoms with Crippen molar-refractivity contribution >= 4 is 27.4 Å². The molecule has 0 fully saturated rings. The number of rotatable bonds is 6. The van der Waals surface area contributed by atoms with E-state index >= 15 is 0 Å². The first-order chi connectivity index (χ1) is 10.4. The predicted molar refractivity (Wildman–Crippen MR) is 87.0 cm³/mol. The van der Waals surface area contributed by atoms with Crippen LogP contribution in [0.25, 0.3) is 0 Å². The van der Waals surface area contributed by atoms with Gasteiger partial charge >= 0.3 is 0 Å². The lowest BCUT2D eigenvalue weighted by Crippen LogP contribution is -2.14. The summed E-state index contributed by atoms with van der Waals surface area (Å²) in [6.45, 7) is 4.42. The Morgan fingerprint density at radius 1 is 1.27 bits per heavy atom. The van der Waals surface area contributed by atoms with Gasteiger partial charge in [0, 0.05) is 6.20 Å². The summed E-state index contributed by atoms with van der Waals surface area (Å²) in [6, 6.07) is 7.82. The van der Waals surface area contributed by atoms with E-state index in [1.165, 1.54) is 18.3 Å². The molecule has 0 saturated heterocycles. The summed E-state index contributed by atoms with van der Waals surface area (Å²) in [5.74, 6) is 0.902. The number of nitrogens with zero attached hydrogens (tertiary/aromatic N) is 1. The molecule has 0 saturated carbocycles. The van der Waals surface area contributed by atoms with Crippen LogP contribution in [-0.2, 0) is 10.0 Å². The number of nitrogens with one attached hydrogen (secondary N) is 1. The van der Waals surface area contributed by atoms with Crippen molar-refractivity contribution in [2.75, 3.05) is 11.3 Å². The topological polar surface area (TPSA) is 68.3 Å². The van der Waals surface area contributed by atoms with Gasteiger partial charge < -0.3 is 4.74 Å². The molecule has 2 aromatic rings. The maximum absolute atomic E-state index is 12.3. The Hall–Kier alpha value is -1.79. The first-order valence-corrected chi connectivity index (χ1v) is 8.66. The lowest BCUT2D eigenvalue weighted by Gasteiger charge is -2.11. The average Bonchev–Trinajstić information content (AvgIpc) is 2.48. The number of halogens is 1. The van der Waals surface area contributed by atoms with Crippen LogP contribution in [0.5, 0.6) is 5.75 Å². The molecule has 5 nitrogen and oxygen atoms in total. The summed E-state index contributed by atoms with van der Waals surface area (Å²) in [7, 11) is -3.70. The Morgan fingerprint density at radius 3 is 2.64 bits per heavy atom. The molecule has 0 amide bonds. The van der Waals surface area contributed by atoms with Gasteiger partial charge in [-0.15, -0.1) is 0 Å². The lowest BCUT2D eigenvalue weighted by molar-refractivity contribution is 0.315. The van der Waals surface area contributed by atoms with Gasteiger partial charge in [-0.2, -0.15) is 0 Å². The highest BCUT2D eigenvalue weighted by Gasteiger charge is 2.16. The fraction of sp³-hybridized carbons (Fsp3) is 0.267. The second-order valence-corrected chi connectivity index (χ2v) is 6.86. The summed E-state index contributed by atoms with van der Waals surface area (Å²) < 4.78 is 32.6. The molecule has 0 bridgehead atoms. The van der Waals surface area contributed by atoms with E-state index < -0.39 is 10.0 Å². The zero-order valence-corrected chi connectivity index (χ0v) is 13.9.